The zero-order valence-corrected chi connectivity index (χ0v) is 19.4. The van der Waals surface area contributed by atoms with Crippen LogP contribution in [-0.2, 0) is 9.59 Å². The molecule has 5 heteroatoms. The molecule has 26 heavy (non-hydrogen) atoms. The number of hydrogen-bond donors (Lipinski definition) is 1. The Morgan fingerprint density at radius 3 is 1.81 bits per heavy atom. The SMILES string of the molecule is CCCCCCCCC=CCCCCCCCC(=O)N(C)CC(=O)O.[Ca+2].[H-].[H-]. The molecule has 0 rings (SSSR count). The third kappa shape index (κ3) is 20.3. The number of carboxylic acids is 1. The number of rotatable bonds is 17. The fraction of sp³-hybridized carbons (Fsp3) is 0.810. The largest absolute Gasteiger partial charge is 2.00 e. The van der Waals surface area contributed by atoms with Crippen LogP contribution in [0.5, 0.6) is 0 Å². The van der Waals surface area contributed by atoms with E-state index in [1.54, 1.807) is 7.05 Å². The summed E-state index contributed by atoms with van der Waals surface area (Å²) in [4.78, 5) is 23.5. The first-order valence-electron chi connectivity index (χ1n) is 10.2. The predicted octanol–water partition coefficient (Wildman–Crippen LogP) is 5.41. The van der Waals surface area contributed by atoms with Crippen LogP contribution in [0.2, 0.25) is 0 Å². The topological polar surface area (TPSA) is 57.6 Å². The van der Waals surface area contributed by atoms with E-state index in [0.29, 0.717) is 6.42 Å². The Morgan fingerprint density at radius 1 is 0.846 bits per heavy atom. The van der Waals surface area contributed by atoms with Gasteiger partial charge in [-0.1, -0.05) is 70.4 Å². The van der Waals surface area contributed by atoms with Crippen molar-refractivity contribution in [3.8, 4) is 0 Å². The molecule has 0 heterocycles. The summed E-state index contributed by atoms with van der Waals surface area (Å²) < 4.78 is 0. The van der Waals surface area contributed by atoms with E-state index in [9.17, 15) is 9.59 Å². The van der Waals surface area contributed by atoms with Crippen molar-refractivity contribution in [1.82, 2.24) is 4.90 Å². The van der Waals surface area contributed by atoms with Crippen LogP contribution in [0.3, 0.4) is 0 Å². The minimum absolute atomic E-state index is 0. The average Bonchev–Trinajstić information content (AvgIpc) is 2.57. The Labute approximate surface area is 193 Å². The Bertz CT molecular complexity index is 383. The summed E-state index contributed by atoms with van der Waals surface area (Å²) in [5, 5.41) is 8.64. The van der Waals surface area contributed by atoms with Crippen molar-refractivity contribution in [2.75, 3.05) is 13.6 Å². The number of likely N-dealkylation sites (N-methyl/N-ethyl adjacent to an activating group) is 1. The Balaban J connectivity index is -0.000000960. The van der Waals surface area contributed by atoms with Crippen LogP contribution in [0, 0.1) is 0 Å². The van der Waals surface area contributed by atoms with Gasteiger partial charge in [-0.15, -0.1) is 0 Å². The number of hydrogen-bond acceptors (Lipinski definition) is 2. The molecule has 0 unspecified atom stereocenters. The molecule has 0 fully saturated rings. The van der Waals surface area contributed by atoms with Crippen molar-refractivity contribution in [2.24, 2.45) is 0 Å². The molecule has 1 amide bonds. The number of carbonyl (C=O) groups excluding carboxylic acids is 1. The third-order valence-corrected chi connectivity index (χ3v) is 4.45. The zero-order chi connectivity index (χ0) is 18.8. The van der Waals surface area contributed by atoms with Gasteiger partial charge in [-0.05, 0) is 32.1 Å². The van der Waals surface area contributed by atoms with Gasteiger partial charge in [0.15, 0.2) is 0 Å². The molecule has 0 aromatic carbocycles. The first kappa shape index (κ1) is 28.2. The van der Waals surface area contributed by atoms with E-state index < -0.39 is 5.97 Å². The van der Waals surface area contributed by atoms with E-state index in [1.807, 2.05) is 0 Å². The summed E-state index contributed by atoms with van der Waals surface area (Å²) in [5.41, 5.74) is 0. The first-order valence-corrected chi connectivity index (χ1v) is 10.2. The molecule has 4 nitrogen and oxygen atoms in total. The normalized spacial score (nSPS) is 10.7. The number of carbonyl (C=O) groups is 2. The Morgan fingerprint density at radius 2 is 1.31 bits per heavy atom. The van der Waals surface area contributed by atoms with E-state index in [0.717, 1.165) is 25.7 Å². The van der Waals surface area contributed by atoms with E-state index >= 15 is 0 Å². The van der Waals surface area contributed by atoms with Gasteiger partial charge in [0.1, 0.15) is 6.54 Å². The van der Waals surface area contributed by atoms with E-state index in [2.05, 4.69) is 19.1 Å². The molecule has 0 aromatic heterocycles. The number of allylic oxidation sites excluding steroid dienone is 2. The summed E-state index contributed by atoms with van der Waals surface area (Å²) in [6, 6.07) is 0. The van der Waals surface area contributed by atoms with Crippen LogP contribution in [0.4, 0.5) is 0 Å². The maximum Gasteiger partial charge on any atom is 2.00 e. The van der Waals surface area contributed by atoms with Crippen LogP contribution in [0.15, 0.2) is 12.2 Å². The van der Waals surface area contributed by atoms with Gasteiger partial charge in [0, 0.05) is 13.5 Å². The van der Waals surface area contributed by atoms with Crippen LogP contribution < -0.4 is 0 Å². The van der Waals surface area contributed by atoms with Gasteiger partial charge in [-0.2, -0.15) is 0 Å². The minimum Gasteiger partial charge on any atom is -1.00 e. The van der Waals surface area contributed by atoms with Crippen LogP contribution in [-0.4, -0.2) is 73.2 Å². The summed E-state index contributed by atoms with van der Waals surface area (Å²) in [7, 11) is 1.55. The molecule has 0 saturated carbocycles. The van der Waals surface area contributed by atoms with Gasteiger partial charge in [-0.25, -0.2) is 0 Å². The molecule has 0 aromatic rings. The second-order valence-electron chi connectivity index (χ2n) is 6.98. The predicted molar refractivity (Wildman–Crippen MR) is 113 cm³/mol. The van der Waals surface area contributed by atoms with E-state index in [-0.39, 0.29) is 53.0 Å². The van der Waals surface area contributed by atoms with Gasteiger partial charge >= 0.3 is 43.7 Å². The van der Waals surface area contributed by atoms with Crippen molar-refractivity contribution < 1.29 is 17.5 Å². The monoisotopic (exact) mass is 395 g/mol. The Hall–Kier alpha value is -0.0603. The van der Waals surface area contributed by atoms with E-state index in [4.69, 9.17) is 5.11 Å². The standard InChI is InChI=1S/C21H39NO3.Ca.2H/c1-3-4-5-6-7-8-9-10-11-12-13-14-15-16-17-18-20(23)22(2)19-21(24)25;;;/h10-11H,3-9,12-19H2,1-2H3,(H,24,25);;;/q;+2;2*-1. The fourth-order valence-corrected chi connectivity index (χ4v) is 2.83. The second-order valence-corrected chi connectivity index (χ2v) is 6.98. The van der Waals surface area contributed by atoms with Crippen molar-refractivity contribution in [1.29, 1.82) is 0 Å². The van der Waals surface area contributed by atoms with Gasteiger partial charge < -0.3 is 12.9 Å². The summed E-state index contributed by atoms with van der Waals surface area (Å²) >= 11 is 0. The number of aliphatic carboxylic acids is 1. The van der Waals surface area contributed by atoms with Crippen LogP contribution in [0.25, 0.3) is 0 Å². The van der Waals surface area contributed by atoms with Gasteiger partial charge in [0.05, 0.1) is 0 Å². The Kier molecular flexibility index (Phi) is 23.0. The average molecular weight is 396 g/mol. The number of nitrogens with zero attached hydrogens (tertiary/aromatic N) is 1. The molecular weight excluding hydrogens is 354 g/mol. The number of carboxylic acid groups (broad SMARTS) is 1. The molecule has 0 radical (unpaired) electrons. The maximum absolute atomic E-state index is 11.7. The van der Waals surface area contributed by atoms with Crippen LogP contribution in [0.1, 0.15) is 99.7 Å². The van der Waals surface area contributed by atoms with Gasteiger partial charge in [-0.3, -0.25) is 9.59 Å². The van der Waals surface area contributed by atoms with E-state index in [1.165, 1.54) is 62.7 Å². The maximum atomic E-state index is 11.7. The molecule has 0 aliphatic rings. The molecule has 150 valence electrons. The molecule has 0 spiro atoms. The van der Waals surface area contributed by atoms with Crippen molar-refractivity contribution in [3.63, 3.8) is 0 Å². The van der Waals surface area contributed by atoms with Crippen molar-refractivity contribution in [2.45, 2.75) is 96.8 Å². The molecule has 0 aliphatic heterocycles. The quantitative estimate of drug-likeness (QED) is 0.203. The molecule has 0 saturated heterocycles. The smallest absolute Gasteiger partial charge is 1.00 e. The number of unbranched alkanes of at least 4 members (excludes halogenated alkanes) is 11. The third-order valence-electron chi connectivity index (χ3n) is 4.45. The molecule has 1 N–H and O–H groups in total. The van der Waals surface area contributed by atoms with Gasteiger partial charge in [0.25, 0.3) is 0 Å². The second kappa shape index (κ2) is 21.2. The number of amides is 1. The summed E-state index contributed by atoms with van der Waals surface area (Å²) in [6.45, 7) is 2.05. The summed E-state index contributed by atoms with van der Waals surface area (Å²) in [6.07, 6.45) is 21.1. The fourth-order valence-electron chi connectivity index (χ4n) is 2.83. The van der Waals surface area contributed by atoms with Crippen LogP contribution >= 0.6 is 0 Å². The minimum atomic E-state index is -0.958. The van der Waals surface area contributed by atoms with Gasteiger partial charge in [0.2, 0.25) is 5.91 Å². The first-order chi connectivity index (χ1) is 12.1. The van der Waals surface area contributed by atoms with Crippen molar-refractivity contribution in [3.05, 3.63) is 12.2 Å². The molecule has 0 atom stereocenters. The summed E-state index contributed by atoms with van der Waals surface area (Å²) in [5.74, 6) is -1.03. The molecular formula is C21H41CaNO3. The molecule has 0 bridgehead atoms. The van der Waals surface area contributed by atoms with Crippen molar-refractivity contribution >= 4 is 49.6 Å². The molecule has 0 aliphatic carbocycles. The zero-order valence-electron chi connectivity index (χ0n) is 19.2.